The van der Waals surface area contributed by atoms with Crippen molar-refractivity contribution >= 4 is 12.1 Å². The van der Waals surface area contributed by atoms with Gasteiger partial charge >= 0.3 is 0 Å². The summed E-state index contributed by atoms with van der Waals surface area (Å²) in [5, 5.41) is 0. The first-order chi connectivity index (χ1) is 7.83. The van der Waals surface area contributed by atoms with E-state index in [0.717, 1.165) is 31.1 Å². The van der Waals surface area contributed by atoms with Crippen molar-refractivity contribution in [2.24, 2.45) is 10.8 Å². The van der Waals surface area contributed by atoms with Gasteiger partial charge in [0, 0.05) is 16.6 Å². The first-order valence-corrected chi connectivity index (χ1v) is 6.26. The van der Waals surface area contributed by atoms with E-state index in [2.05, 4.69) is 20.8 Å². The minimum Gasteiger partial charge on any atom is -0.298 e. The largest absolute Gasteiger partial charge is 0.298 e. The Labute approximate surface area is 103 Å². The van der Waals surface area contributed by atoms with Crippen molar-refractivity contribution in [1.82, 2.24) is 0 Å². The van der Waals surface area contributed by atoms with Crippen LogP contribution in [0, 0.1) is 10.8 Å². The van der Waals surface area contributed by atoms with Gasteiger partial charge < -0.3 is 0 Å². The number of fused-ring (bicyclic) bond motifs is 1. The lowest BCUT2D eigenvalue weighted by molar-refractivity contribution is -0.113. The second-order valence-electron chi connectivity index (χ2n) is 6.15. The molecular weight excluding hydrogens is 212 g/mol. The van der Waals surface area contributed by atoms with Gasteiger partial charge in [-0.25, -0.2) is 0 Å². The number of hydrogen-bond acceptors (Lipinski definition) is 2. The summed E-state index contributed by atoms with van der Waals surface area (Å²) in [5.74, 6) is 0.00884. The SMILES string of the molecule is CC1=C(C=O)[C@@]2(C)CCCC(C)(C)C2=CC1=O. The summed E-state index contributed by atoms with van der Waals surface area (Å²) in [6.07, 6.45) is 5.84. The molecule has 0 saturated heterocycles. The summed E-state index contributed by atoms with van der Waals surface area (Å²) in [5.41, 5.74) is 2.28. The average Bonchev–Trinajstić information content (AvgIpc) is 2.22. The molecule has 17 heavy (non-hydrogen) atoms. The molecule has 2 aliphatic carbocycles. The molecule has 92 valence electrons. The van der Waals surface area contributed by atoms with Crippen molar-refractivity contribution in [1.29, 1.82) is 0 Å². The van der Waals surface area contributed by atoms with Crippen LogP contribution in [0.15, 0.2) is 22.8 Å². The fraction of sp³-hybridized carbons (Fsp3) is 0.600. The monoisotopic (exact) mass is 232 g/mol. The molecule has 0 amide bonds. The molecule has 0 aromatic carbocycles. The first-order valence-electron chi connectivity index (χ1n) is 6.26. The van der Waals surface area contributed by atoms with Crippen molar-refractivity contribution in [3.63, 3.8) is 0 Å². The maximum atomic E-state index is 12.0. The summed E-state index contributed by atoms with van der Waals surface area (Å²) < 4.78 is 0. The van der Waals surface area contributed by atoms with Crippen molar-refractivity contribution in [2.45, 2.75) is 47.0 Å². The van der Waals surface area contributed by atoms with E-state index in [-0.39, 0.29) is 16.6 Å². The van der Waals surface area contributed by atoms with Crippen molar-refractivity contribution < 1.29 is 9.59 Å². The molecule has 0 bridgehead atoms. The smallest absolute Gasteiger partial charge is 0.181 e. The highest BCUT2D eigenvalue weighted by Gasteiger charge is 2.47. The summed E-state index contributed by atoms with van der Waals surface area (Å²) in [4.78, 5) is 23.3. The van der Waals surface area contributed by atoms with Gasteiger partial charge in [0.15, 0.2) is 5.78 Å². The number of allylic oxidation sites excluding steroid dienone is 4. The molecular formula is C15H20O2. The molecule has 2 heteroatoms. The van der Waals surface area contributed by atoms with E-state index in [9.17, 15) is 9.59 Å². The number of carbonyl (C=O) groups is 2. The van der Waals surface area contributed by atoms with Crippen LogP contribution in [-0.2, 0) is 9.59 Å². The van der Waals surface area contributed by atoms with Gasteiger partial charge in [-0.3, -0.25) is 9.59 Å². The number of carbonyl (C=O) groups excluding carboxylic acids is 2. The molecule has 2 rings (SSSR count). The molecule has 0 heterocycles. The summed E-state index contributed by atoms with van der Waals surface area (Å²) in [7, 11) is 0. The highest BCUT2D eigenvalue weighted by molar-refractivity contribution is 6.10. The second-order valence-corrected chi connectivity index (χ2v) is 6.15. The van der Waals surface area contributed by atoms with E-state index in [1.54, 1.807) is 13.0 Å². The van der Waals surface area contributed by atoms with Crippen molar-refractivity contribution in [2.75, 3.05) is 0 Å². The molecule has 1 saturated carbocycles. The van der Waals surface area contributed by atoms with Gasteiger partial charge in [-0.1, -0.05) is 32.8 Å². The van der Waals surface area contributed by atoms with E-state index in [1.807, 2.05) is 0 Å². The molecule has 1 fully saturated rings. The summed E-state index contributed by atoms with van der Waals surface area (Å²) in [6, 6.07) is 0. The Bertz CT molecular complexity index is 452. The normalized spacial score (nSPS) is 32.0. The standard InChI is InChI=1S/C15H20O2/c1-10-11(9-16)15(4)7-5-6-14(2,3)13(15)8-12(10)17/h8-9H,5-7H2,1-4H3/t15-/m1/s1. The quantitative estimate of drug-likeness (QED) is 0.650. The van der Waals surface area contributed by atoms with Gasteiger partial charge in [0.25, 0.3) is 0 Å². The van der Waals surface area contributed by atoms with Gasteiger partial charge in [-0.2, -0.15) is 0 Å². The predicted molar refractivity (Wildman–Crippen MR) is 67.6 cm³/mol. The van der Waals surface area contributed by atoms with Crippen molar-refractivity contribution in [3.8, 4) is 0 Å². The van der Waals surface area contributed by atoms with Crippen LogP contribution in [0.5, 0.6) is 0 Å². The number of ketones is 1. The molecule has 0 unspecified atom stereocenters. The Hall–Kier alpha value is -1.18. The Morgan fingerprint density at radius 3 is 2.47 bits per heavy atom. The highest BCUT2D eigenvalue weighted by Crippen LogP contribution is 2.55. The Balaban J connectivity index is 2.63. The molecule has 0 spiro atoms. The molecule has 0 aromatic heterocycles. The molecule has 0 N–H and O–H groups in total. The van der Waals surface area contributed by atoms with Gasteiger partial charge in [0.2, 0.25) is 0 Å². The highest BCUT2D eigenvalue weighted by atomic mass is 16.1. The lowest BCUT2D eigenvalue weighted by Gasteiger charge is -2.48. The number of hydrogen-bond donors (Lipinski definition) is 0. The lowest BCUT2D eigenvalue weighted by Crippen LogP contribution is -2.39. The topological polar surface area (TPSA) is 34.1 Å². The van der Waals surface area contributed by atoms with E-state index in [0.29, 0.717) is 11.1 Å². The summed E-state index contributed by atoms with van der Waals surface area (Å²) in [6.45, 7) is 8.23. The molecule has 2 nitrogen and oxygen atoms in total. The fourth-order valence-electron chi connectivity index (χ4n) is 3.54. The molecule has 0 aliphatic heterocycles. The third-order valence-electron chi connectivity index (χ3n) is 4.56. The Kier molecular flexibility index (Phi) is 2.64. The van der Waals surface area contributed by atoms with Crippen LogP contribution in [0.3, 0.4) is 0 Å². The van der Waals surface area contributed by atoms with Crippen LogP contribution >= 0.6 is 0 Å². The lowest BCUT2D eigenvalue weighted by atomic mass is 9.55. The predicted octanol–water partition coefficient (Wildman–Crippen LogP) is 3.23. The maximum Gasteiger partial charge on any atom is 0.181 e. The Morgan fingerprint density at radius 2 is 1.88 bits per heavy atom. The van der Waals surface area contributed by atoms with Crippen molar-refractivity contribution in [3.05, 3.63) is 22.8 Å². The molecule has 1 atom stereocenters. The van der Waals surface area contributed by atoms with E-state index < -0.39 is 0 Å². The van der Waals surface area contributed by atoms with Gasteiger partial charge in [0.05, 0.1) is 0 Å². The second kappa shape index (κ2) is 3.66. The number of aldehydes is 1. The summed E-state index contributed by atoms with van der Waals surface area (Å²) >= 11 is 0. The zero-order valence-corrected chi connectivity index (χ0v) is 11.1. The third kappa shape index (κ3) is 1.62. The van der Waals surface area contributed by atoms with Gasteiger partial charge in [-0.15, -0.1) is 0 Å². The van der Waals surface area contributed by atoms with Crippen LogP contribution < -0.4 is 0 Å². The van der Waals surface area contributed by atoms with Crippen LogP contribution in [0.25, 0.3) is 0 Å². The zero-order chi connectivity index (χ0) is 12.8. The maximum absolute atomic E-state index is 12.0. The van der Waals surface area contributed by atoms with Crippen LogP contribution in [0.1, 0.15) is 47.0 Å². The molecule has 0 radical (unpaired) electrons. The van der Waals surface area contributed by atoms with Crippen LogP contribution in [0.4, 0.5) is 0 Å². The first kappa shape index (κ1) is 12.3. The molecule has 0 aromatic rings. The zero-order valence-electron chi connectivity index (χ0n) is 11.1. The minimum atomic E-state index is -0.221. The fourth-order valence-corrected chi connectivity index (χ4v) is 3.54. The third-order valence-corrected chi connectivity index (χ3v) is 4.56. The average molecular weight is 232 g/mol. The minimum absolute atomic E-state index is 0.00884. The number of rotatable bonds is 1. The molecule has 2 aliphatic rings. The van der Waals surface area contributed by atoms with Crippen LogP contribution in [0.2, 0.25) is 0 Å². The van der Waals surface area contributed by atoms with Gasteiger partial charge in [-0.05, 0) is 31.3 Å². The Morgan fingerprint density at radius 1 is 1.24 bits per heavy atom. The van der Waals surface area contributed by atoms with E-state index >= 15 is 0 Å². The van der Waals surface area contributed by atoms with E-state index in [4.69, 9.17) is 0 Å². The van der Waals surface area contributed by atoms with Gasteiger partial charge in [0.1, 0.15) is 6.29 Å². The van der Waals surface area contributed by atoms with E-state index in [1.165, 1.54) is 0 Å². The van der Waals surface area contributed by atoms with Crippen LogP contribution in [-0.4, -0.2) is 12.1 Å².